The summed E-state index contributed by atoms with van der Waals surface area (Å²) in [6.07, 6.45) is 1.36. The fourth-order valence-electron chi connectivity index (χ4n) is 0.178. The Morgan fingerprint density at radius 3 is 2.50 bits per heavy atom. The van der Waals surface area contributed by atoms with Crippen molar-refractivity contribution in [2.24, 2.45) is 15.2 Å². The summed E-state index contributed by atoms with van der Waals surface area (Å²) in [7, 11) is 0. The Kier molecular flexibility index (Phi) is 3.66. The molecule has 3 nitrogen and oxygen atoms in total. The molecule has 0 aliphatic heterocycles. The van der Waals surface area contributed by atoms with Crippen LogP contribution < -0.4 is 0 Å². The smallest absolute Gasteiger partial charge is 0.137 e. The highest BCUT2D eigenvalue weighted by molar-refractivity contribution is 5.86. The molecular weight excluding hydrogens is 102 g/mol. The quantitative estimate of drug-likeness (QED) is 0.291. The van der Waals surface area contributed by atoms with Crippen LogP contribution in [0.1, 0.15) is 13.8 Å². The van der Waals surface area contributed by atoms with Gasteiger partial charge in [0.05, 0.1) is 0 Å². The van der Waals surface area contributed by atoms with Crippen molar-refractivity contribution in [3.8, 4) is 0 Å². The molecule has 0 aromatic rings. The van der Waals surface area contributed by atoms with E-state index in [-0.39, 0.29) is 0 Å². The van der Waals surface area contributed by atoms with E-state index in [1.165, 1.54) is 6.34 Å². The molecule has 0 amide bonds. The normalized spacial score (nSPS) is 9.25. The molecule has 0 aliphatic carbocycles. The van der Waals surface area contributed by atoms with Crippen LogP contribution in [0.4, 0.5) is 0 Å². The fourth-order valence-corrected chi connectivity index (χ4v) is 0.178. The van der Waals surface area contributed by atoms with Crippen molar-refractivity contribution >= 4 is 18.8 Å². The van der Waals surface area contributed by atoms with Crippen LogP contribution in [-0.4, -0.2) is 18.8 Å². The lowest BCUT2D eigenvalue weighted by Crippen LogP contribution is -1.78. The first kappa shape index (κ1) is 7.01. The zero-order chi connectivity index (χ0) is 6.41. The van der Waals surface area contributed by atoms with E-state index >= 15 is 0 Å². The molecule has 0 aliphatic rings. The van der Waals surface area contributed by atoms with Crippen LogP contribution in [0.3, 0.4) is 0 Å². The minimum absolute atomic E-state index is 0.956. The van der Waals surface area contributed by atoms with Crippen LogP contribution in [0, 0.1) is 0 Å². The molecule has 0 saturated carbocycles. The molecule has 0 fully saturated rings. The summed E-state index contributed by atoms with van der Waals surface area (Å²) < 4.78 is 0. The van der Waals surface area contributed by atoms with Gasteiger partial charge in [0.15, 0.2) is 0 Å². The lowest BCUT2D eigenvalue weighted by atomic mass is 10.5. The molecule has 44 valence electrons. The minimum atomic E-state index is 0.956. The van der Waals surface area contributed by atoms with Gasteiger partial charge in [-0.25, -0.2) is 4.99 Å². The molecule has 0 radical (unpaired) electrons. The third-order valence-corrected chi connectivity index (χ3v) is 0.449. The van der Waals surface area contributed by atoms with Crippen LogP contribution in [-0.2, 0) is 0 Å². The largest absolute Gasteiger partial charge is 0.244 e. The van der Waals surface area contributed by atoms with Crippen molar-refractivity contribution in [2.45, 2.75) is 13.8 Å². The van der Waals surface area contributed by atoms with Crippen molar-refractivity contribution in [3.05, 3.63) is 0 Å². The van der Waals surface area contributed by atoms with Crippen molar-refractivity contribution in [3.63, 3.8) is 0 Å². The topological polar surface area (TPSA) is 37.1 Å². The molecule has 0 spiro atoms. The van der Waals surface area contributed by atoms with Crippen molar-refractivity contribution in [2.75, 3.05) is 0 Å². The minimum Gasteiger partial charge on any atom is -0.244 e. The molecule has 0 N–H and O–H groups in total. The third-order valence-electron chi connectivity index (χ3n) is 0.449. The van der Waals surface area contributed by atoms with E-state index in [9.17, 15) is 0 Å². The van der Waals surface area contributed by atoms with Gasteiger partial charge in [0.2, 0.25) is 0 Å². The average molecular weight is 111 g/mol. The third kappa shape index (κ3) is 5.01. The molecule has 0 unspecified atom stereocenters. The predicted molar refractivity (Wildman–Crippen MR) is 36.8 cm³/mol. The first-order valence-electron chi connectivity index (χ1n) is 2.26. The lowest BCUT2D eigenvalue weighted by molar-refractivity contribution is 1.27. The summed E-state index contributed by atoms with van der Waals surface area (Å²) in [5.41, 5.74) is 0.956. The molecule has 0 aromatic heterocycles. The Labute approximate surface area is 48.9 Å². The zero-order valence-corrected chi connectivity index (χ0v) is 5.13. The first-order chi connectivity index (χ1) is 3.77. The highest BCUT2D eigenvalue weighted by Crippen LogP contribution is 1.70. The summed E-state index contributed by atoms with van der Waals surface area (Å²) in [6.45, 7) is 6.91. The van der Waals surface area contributed by atoms with Gasteiger partial charge in [-0.05, 0) is 13.8 Å². The molecule has 0 bridgehead atoms. The van der Waals surface area contributed by atoms with Gasteiger partial charge in [-0.3, -0.25) is 0 Å². The Bertz CT molecular complexity index is 120. The van der Waals surface area contributed by atoms with Crippen molar-refractivity contribution in [1.82, 2.24) is 0 Å². The highest BCUT2D eigenvalue weighted by atomic mass is 15.2. The number of rotatable bonds is 2. The van der Waals surface area contributed by atoms with Gasteiger partial charge in [0, 0.05) is 12.4 Å². The summed E-state index contributed by atoms with van der Waals surface area (Å²) >= 11 is 0. The van der Waals surface area contributed by atoms with E-state index in [0.717, 1.165) is 5.71 Å². The molecule has 0 heterocycles. The molecule has 0 atom stereocenters. The number of hydrogen-bond acceptors (Lipinski definition) is 2. The van der Waals surface area contributed by atoms with Crippen LogP contribution in [0.2, 0.25) is 0 Å². The van der Waals surface area contributed by atoms with Gasteiger partial charge in [0.25, 0.3) is 0 Å². The molecule has 0 aromatic carbocycles. The maximum Gasteiger partial charge on any atom is 0.137 e. The van der Waals surface area contributed by atoms with Gasteiger partial charge in [-0.1, -0.05) is 0 Å². The predicted octanol–water partition coefficient (Wildman–Crippen LogP) is 1.11. The van der Waals surface area contributed by atoms with E-state index in [0.29, 0.717) is 0 Å². The average Bonchev–Trinajstić information content (AvgIpc) is 1.66. The van der Waals surface area contributed by atoms with Crippen LogP contribution in [0.25, 0.3) is 0 Å². The van der Waals surface area contributed by atoms with Gasteiger partial charge < -0.3 is 0 Å². The number of hydrogen-bond donors (Lipinski definition) is 0. The maximum atomic E-state index is 3.81. The maximum absolute atomic E-state index is 3.81. The van der Waals surface area contributed by atoms with Crippen LogP contribution in [0.15, 0.2) is 15.2 Å². The molecule has 3 heteroatoms. The summed E-state index contributed by atoms with van der Waals surface area (Å²) in [4.78, 5) is 3.81. The van der Waals surface area contributed by atoms with E-state index in [1.807, 2.05) is 13.8 Å². The Hall–Kier alpha value is -0.990. The fraction of sp³-hybridized carbons (Fsp3) is 0.400. The Morgan fingerprint density at radius 2 is 2.12 bits per heavy atom. The van der Waals surface area contributed by atoms with Crippen LogP contribution >= 0.6 is 0 Å². The molecule has 0 saturated heterocycles. The van der Waals surface area contributed by atoms with Gasteiger partial charge in [0.1, 0.15) is 6.34 Å². The van der Waals surface area contributed by atoms with Gasteiger partial charge >= 0.3 is 0 Å². The SMILES string of the molecule is C=N/N=C\N=C(C)C. The Balaban J connectivity index is 3.57. The lowest BCUT2D eigenvalue weighted by Gasteiger charge is -1.77. The summed E-state index contributed by atoms with van der Waals surface area (Å²) in [5.74, 6) is 0. The number of aliphatic imine (C=N–C) groups is 1. The molecule has 8 heavy (non-hydrogen) atoms. The Morgan fingerprint density at radius 1 is 1.50 bits per heavy atom. The summed E-state index contributed by atoms with van der Waals surface area (Å²) in [5, 5.41) is 6.63. The monoisotopic (exact) mass is 111 g/mol. The van der Waals surface area contributed by atoms with E-state index in [4.69, 9.17) is 0 Å². The highest BCUT2D eigenvalue weighted by Gasteiger charge is 1.68. The number of nitrogens with zero attached hydrogens (tertiary/aromatic N) is 3. The van der Waals surface area contributed by atoms with Gasteiger partial charge in [-0.2, -0.15) is 5.10 Å². The van der Waals surface area contributed by atoms with Crippen LogP contribution in [0.5, 0.6) is 0 Å². The van der Waals surface area contributed by atoms with E-state index in [1.54, 1.807) is 0 Å². The first-order valence-corrected chi connectivity index (χ1v) is 2.26. The van der Waals surface area contributed by atoms with Gasteiger partial charge in [-0.15, -0.1) is 5.10 Å². The molecular formula is C5H9N3. The second kappa shape index (κ2) is 4.18. The standard InChI is InChI=1S/C5H9N3/c1-5(2)7-4-8-6-3/h4H,3H2,1-2H3/b8-4-. The van der Waals surface area contributed by atoms with E-state index in [2.05, 4.69) is 21.9 Å². The second-order valence-corrected chi connectivity index (χ2v) is 1.45. The zero-order valence-electron chi connectivity index (χ0n) is 5.13. The van der Waals surface area contributed by atoms with Crippen molar-refractivity contribution < 1.29 is 0 Å². The second-order valence-electron chi connectivity index (χ2n) is 1.45. The summed E-state index contributed by atoms with van der Waals surface area (Å²) in [6, 6.07) is 0. The van der Waals surface area contributed by atoms with E-state index < -0.39 is 0 Å². The molecule has 0 rings (SSSR count). The van der Waals surface area contributed by atoms with Crippen molar-refractivity contribution in [1.29, 1.82) is 0 Å².